The van der Waals surface area contributed by atoms with E-state index in [1.807, 2.05) is 18.7 Å². The maximum Gasteiger partial charge on any atom is 0.271 e. The minimum absolute atomic E-state index is 0.0388. The van der Waals surface area contributed by atoms with Gasteiger partial charge in [-0.3, -0.25) is 9.59 Å². The number of aryl methyl sites for hydroxylation is 1. The van der Waals surface area contributed by atoms with Crippen LogP contribution in [0.2, 0.25) is 5.02 Å². The van der Waals surface area contributed by atoms with Gasteiger partial charge >= 0.3 is 0 Å². The monoisotopic (exact) mass is 338 g/mol. The summed E-state index contributed by atoms with van der Waals surface area (Å²) in [5.74, 6) is 0.781. The molecule has 1 N–H and O–H groups in total. The largest absolute Gasteiger partial charge is 0.348 e. The summed E-state index contributed by atoms with van der Waals surface area (Å²) >= 11 is 5.98. The predicted octanol–water partition coefficient (Wildman–Crippen LogP) is 2.21. The number of rotatable bonds is 4. The van der Waals surface area contributed by atoms with E-state index in [9.17, 15) is 9.59 Å². The Morgan fingerprint density at radius 3 is 2.65 bits per heavy atom. The fraction of sp³-hybridized carbons (Fsp3) is 0.625. The third-order valence-corrected chi connectivity index (χ3v) is 4.12. The van der Waals surface area contributed by atoms with Gasteiger partial charge in [0, 0.05) is 25.6 Å². The molecule has 0 radical (unpaired) electrons. The highest BCUT2D eigenvalue weighted by atomic mass is 35.5. The lowest BCUT2D eigenvalue weighted by molar-refractivity contribution is -0.133. The van der Waals surface area contributed by atoms with Gasteiger partial charge in [-0.05, 0) is 25.7 Å². The lowest BCUT2D eigenvalue weighted by Crippen LogP contribution is -2.47. The van der Waals surface area contributed by atoms with Crippen LogP contribution >= 0.6 is 11.6 Å². The third kappa shape index (κ3) is 4.89. The number of carbonyl (C=O) groups is 2. The summed E-state index contributed by atoms with van der Waals surface area (Å²) in [6.45, 7) is 7.14. The van der Waals surface area contributed by atoms with Gasteiger partial charge in [0.15, 0.2) is 0 Å². The summed E-state index contributed by atoms with van der Waals surface area (Å²) in [4.78, 5) is 34.3. The topological polar surface area (TPSA) is 75.2 Å². The SMILES string of the molecule is Cc1ncc(Cl)c(C(=O)NC2CCN(C(=O)CC(C)C)CC2)n1. The second-order valence-electron chi connectivity index (χ2n) is 6.34. The average Bonchev–Trinajstić information content (AvgIpc) is 2.49. The minimum atomic E-state index is -0.285. The number of hydrogen-bond donors (Lipinski definition) is 1. The third-order valence-electron chi connectivity index (χ3n) is 3.85. The molecule has 6 nitrogen and oxygen atoms in total. The highest BCUT2D eigenvalue weighted by Crippen LogP contribution is 2.16. The number of halogens is 1. The summed E-state index contributed by atoms with van der Waals surface area (Å²) in [5.41, 5.74) is 0.206. The van der Waals surface area contributed by atoms with Crippen molar-refractivity contribution in [2.45, 2.75) is 46.1 Å². The molecular formula is C16H23ClN4O2. The van der Waals surface area contributed by atoms with Gasteiger partial charge in [-0.1, -0.05) is 25.4 Å². The van der Waals surface area contributed by atoms with Crippen molar-refractivity contribution in [3.63, 3.8) is 0 Å². The van der Waals surface area contributed by atoms with E-state index < -0.39 is 0 Å². The molecule has 0 spiro atoms. The lowest BCUT2D eigenvalue weighted by Gasteiger charge is -2.32. The van der Waals surface area contributed by atoms with Crippen molar-refractivity contribution in [1.82, 2.24) is 20.2 Å². The lowest BCUT2D eigenvalue weighted by atomic mass is 10.0. The summed E-state index contributed by atoms with van der Waals surface area (Å²) in [5, 5.41) is 3.20. The highest BCUT2D eigenvalue weighted by molar-refractivity contribution is 6.33. The van der Waals surface area contributed by atoms with Crippen LogP contribution in [0.5, 0.6) is 0 Å². The van der Waals surface area contributed by atoms with Gasteiger partial charge in [-0.25, -0.2) is 9.97 Å². The maximum absolute atomic E-state index is 12.3. The van der Waals surface area contributed by atoms with Crippen LogP contribution in [0.25, 0.3) is 0 Å². The van der Waals surface area contributed by atoms with E-state index in [1.54, 1.807) is 6.92 Å². The van der Waals surface area contributed by atoms with Crippen LogP contribution in [0.4, 0.5) is 0 Å². The molecule has 1 fully saturated rings. The molecule has 2 rings (SSSR count). The minimum Gasteiger partial charge on any atom is -0.348 e. The fourth-order valence-electron chi connectivity index (χ4n) is 2.62. The van der Waals surface area contributed by atoms with Crippen LogP contribution in [0, 0.1) is 12.8 Å². The van der Waals surface area contributed by atoms with Crippen LogP contribution in [-0.2, 0) is 4.79 Å². The molecule has 0 unspecified atom stereocenters. The maximum atomic E-state index is 12.3. The van der Waals surface area contributed by atoms with Gasteiger partial charge in [0.25, 0.3) is 5.91 Å². The Labute approximate surface area is 141 Å². The number of hydrogen-bond acceptors (Lipinski definition) is 4. The van der Waals surface area contributed by atoms with Crippen LogP contribution in [0.15, 0.2) is 6.20 Å². The van der Waals surface area contributed by atoms with Crippen molar-refractivity contribution in [2.24, 2.45) is 5.92 Å². The van der Waals surface area contributed by atoms with E-state index in [4.69, 9.17) is 11.6 Å². The molecule has 1 aromatic heterocycles. The van der Waals surface area contributed by atoms with Gasteiger partial charge < -0.3 is 10.2 Å². The van der Waals surface area contributed by atoms with Crippen molar-refractivity contribution in [3.8, 4) is 0 Å². The Morgan fingerprint density at radius 2 is 2.04 bits per heavy atom. The van der Waals surface area contributed by atoms with Crippen LogP contribution in [0.3, 0.4) is 0 Å². The molecule has 1 aromatic rings. The summed E-state index contributed by atoms with van der Waals surface area (Å²) in [6.07, 6.45) is 3.51. The summed E-state index contributed by atoms with van der Waals surface area (Å²) in [7, 11) is 0. The molecule has 1 saturated heterocycles. The zero-order valence-electron chi connectivity index (χ0n) is 13.8. The Kier molecular flexibility index (Phi) is 5.93. The van der Waals surface area contributed by atoms with Crippen molar-refractivity contribution in [3.05, 3.63) is 22.7 Å². The number of amides is 2. The number of nitrogens with one attached hydrogen (secondary N) is 1. The first kappa shape index (κ1) is 17.7. The smallest absolute Gasteiger partial charge is 0.271 e. The zero-order chi connectivity index (χ0) is 17.0. The van der Waals surface area contributed by atoms with E-state index in [2.05, 4.69) is 15.3 Å². The molecule has 0 atom stereocenters. The second-order valence-corrected chi connectivity index (χ2v) is 6.75. The standard InChI is InChI=1S/C16H23ClN4O2/c1-10(2)8-14(22)21-6-4-12(5-7-21)20-16(23)15-13(17)9-18-11(3)19-15/h9-10,12H,4-8H2,1-3H3,(H,20,23). The molecule has 2 amide bonds. The predicted molar refractivity (Wildman–Crippen MR) is 88.3 cm³/mol. The first-order chi connectivity index (χ1) is 10.9. The van der Waals surface area contributed by atoms with E-state index in [-0.39, 0.29) is 28.6 Å². The van der Waals surface area contributed by atoms with Crippen LogP contribution < -0.4 is 5.32 Å². The molecule has 0 aliphatic carbocycles. The molecule has 7 heteroatoms. The van der Waals surface area contributed by atoms with Gasteiger partial charge in [0.05, 0.1) is 11.2 Å². The van der Waals surface area contributed by atoms with Gasteiger partial charge in [-0.15, -0.1) is 0 Å². The average molecular weight is 339 g/mol. The van der Waals surface area contributed by atoms with Crippen molar-refractivity contribution in [1.29, 1.82) is 0 Å². The summed E-state index contributed by atoms with van der Waals surface area (Å²) < 4.78 is 0. The van der Waals surface area contributed by atoms with Crippen molar-refractivity contribution >= 4 is 23.4 Å². The van der Waals surface area contributed by atoms with Gasteiger partial charge in [0.2, 0.25) is 5.91 Å². The Hall–Kier alpha value is -1.69. The number of aromatic nitrogens is 2. The molecule has 1 aliphatic heterocycles. The first-order valence-electron chi connectivity index (χ1n) is 7.94. The summed E-state index contributed by atoms with van der Waals surface area (Å²) in [6, 6.07) is 0.0388. The Balaban J connectivity index is 1.88. The number of piperidine rings is 1. The Morgan fingerprint density at radius 1 is 1.39 bits per heavy atom. The van der Waals surface area contributed by atoms with Crippen molar-refractivity contribution < 1.29 is 9.59 Å². The zero-order valence-corrected chi connectivity index (χ0v) is 14.6. The number of carbonyl (C=O) groups excluding carboxylic acids is 2. The van der Waals surface area contributed by atoms with Gasteiger partial charge in [0.1, 0.15) is 11.5 Å². The highest BCUT2D eigenvalue weighted by Gasteiger charge is 2.25. The fourth-order valence-corrected chi connectivity index (χ4v) is 2.80. The molecule has 0 aromatic carbocycles. The second kappa shape index (κ2) is 7.73. The normalized spacial score (nSPS) is 15.8. The number of likely N-dealkylation sites (tertiary alicyclic amines) is 1. The molecule has 1 aliphatic rings. The first-order valence-corrected chi connectivity index (χ1v) is 8.32. The van der Waals surface area contributed by atoms with E-state index in [0.29, 0.717) is 31.3 Å². The van der Waals surface area contributed by atoms with E-state index in [1.165, 1.54) is 6.20 Å². The molecule has 126 valence electrons. The molecule has 2 heterocycles. The Bertz CT molecular complexity index is 583. The van der Waals surface area contributed by atoms with E-state index >= 15 is 0 Å². The molecule has 0 saturated carbocycles. The quantitative estimate of drug-likeness (QED) is 0.913. The van der Waals surface area contributed by atoms with Gasteiger partial charge in [-0.2, -0.15) is 0 Å². The van der Waals surface area contributed by atoms with E-state index in [0.717, 1.165) is 12.8 Å². The van der Waals surface area contributed by atoms with Crippen LogP contribution in [0.1, 0.15) is 49.4 Å². The molecular weight excluding hydrogens is 316 g/mol. The van der Waals surface area contributed by atoms with Crippen molar-refractivity contribution in [2.75, 3.05) is 13.1 Å². The van der Waals surface area contributed by atoms with Crippen LogP contribution in [-0.4, -0.2) is 45.8 Å². The number of nitrogens with zero attached hydrogens (tertiary/aromatic N) is 3. The molecule has 23 heavy (non-hydrogen) atoms. The molecule has 0 bridgehead atoms.